The molecule has 0 spiro atoms. The molecule has 31 heavy (non-hydrogen) atoms. The lowest BCUT2D eigenvalue weighted by Gasteiger charge is -2.22. The molecular weight excluding hydrogens is 406 g/mol. The van der Waals surface area contributed by atoms with Gasteiger partial charge in [-0.3, -0.25) is 9.69 Å². The zero-order valence-corrected chi connectivity index (χ0v) is 18.2. The first-order chi connectivity index (χ1) is 15.1. The standard InChI is InChI=1S/C26H24ClN3O/c1-19(30-16-2-3-17-30)26(31)29-25-13-5-20(6-14-25)4-12-24-15-9-22(18-28-24)21-7-10-23(27)11-8-21/h5-11,13-15,18-19H,2-3,16-17H2,1H3,(H,29,31). The van der Waals surface area contributed by atoms with E-state index in [1.807, 2.05) is 73.8 Å². The van der Waals surface area contributed by atoms with Crippen LogP contribution >= 0.6 is 11.6 Å². The topological polar surface area (TPSA) is 45.2 Å². The maximum atomic E-state index is 12.4. The Morgan fingerprint density at radius 3 is 2.29 bits per heavy atom. The Morgan fingerprint density at radius 2 is 1.65 bits per heavy atom. The molecule has 2 aromatic carbocycles. The molecule has 4 rings (SSSR count). The van der Waals surface area contributed by atoms with Crippen LogP contribution in [0.3, 0.4) is 0 Å². The molecule has 0 radical (unpaired) electrons. The summed E-state index contributed by atoms with van der Waals surface area (Å²) in [7, 11) is 0. The van der Waals surface area contributed by atoms with Crippen LogP contribution in [0, 0.1) is 11.8 Å². The van der Waals surface area contributed by atoms with Crippen molar-refractivity contribution >= 4 is 23.2 Å². The molecule has 0 bridgehead atoms. The number of hydrogen-bond acceptors (Lipinski definition) is 3. The third-order valence-corrected chi connectivity index (χ3v) is 5.75. The van der Waals surface area contributed by atoms with Gasteiger partial charge >= 0.3 is 0 Å². The number of aromatic nitrogens is 1. The Bertz CT molecular complexity index is 1090. The molecule has 1 unspecified atom stereocenters. The third-order valence-electron chi connectivity index (χ3n) is 5.50. The Balaban J connectivity index is 1.37. The predicted molar refractivity (Wildman–Crippen MR) is 126 cm³/mol. The van der Waals surface area contributed by atoms with E-state index in [-0.39, 0.29) is 11.9 Å². The SMILES string of the molecule is CC(C(=O)Nc1ccc(C#Cc2ccc(-c3ccc(Cl)cc3)cn2)cc1)N1CCCC1. The van der Waals surface area contributed by atoms with Crippen LogP contribution in [0.2, 0.25) is 5.02 Å². The molecule has 1 aromatic heterocycles. The van der Waals surface area contributed by atoms with Crippen LogP contribution in [0.5, 0.6) is 0 Å². The first-order valence-corrected chi connectivity index (χ1v) is 10.9. The summed E-state index contributed by atoms with van der Waals surface area (Å²) in [5.41, 5.74) is 4.44. The van der Waals surface area contributed by atoms with Gasteiger partial charge in [-0.1, -0.05) is 35.7 Å². The van der Waals surface area contributed by atoms with E-state index >= 15 is 0 Å². The van der Waals surface area contributed by atoms with Crippen molar-refractivity contribution in [1.29, 1.82) is 0 Å². The largest absolute Gasteiger partial charge is 0.325 e. The number of pyridine rings is 1. The smallest absolute Gasteiger partial charge is 0.241 e. The zero-order valence-electron chi connectivity index (χ0n) is 17.4. The summed E-state index contributed by atoms with van der Waals surface area (Å²) in [6.45, 7) is 3.96. The Labute approximate surface area is 188 Å². The lowest BCUT2D eigenvalue weighted by Crippen LogP contribution is -2.40. The van der Waals surface area contributed by atoms with E-state index in [0.717, 1.165) is 35.5 Å². The van der Waals surface area contributed by atoms with Gasteiger partial charge in [-0.25, -0.2) is 4.98 Å². The van der Waals surface area contributed by atoms with E-state index in [1.54, 1.807) is 0 Å². The average molecular weight is 430 g/mol. The molecule has 1 N–H and O–H groups in total. The van der Waals surface area contributed by atoms with Crippen LogP contribution < -0.4 is 5.32 Å². The summed E-state index contributed by atoms with van der Waals surface area (Å²) in [6.07, 6.45) is 4.15. The van der Waals surface area contributed by atoms with E-state index in [9.17, 15) is 4.79 Å². The van der Waals surface area contributed by atoms with Gasteiger partial charge in [0.2, 0.25) is 5.91 Å². The van der Waals surface area contributed by atoms with Crippen molar-refractivity contribution in [2.45, 2.75) is 25.8 Å². The minimum absolute atomic E-state index is 0.0331. The molecule has 1 amide bonds. The summed E-state index contributed by atoms with van der Waals surface area (Å²) >= 11 is 5.94. The highest BCUT2D eigenvalue weighted by molar-refractivity contribution is 6.30. The van der Waals surface area contributed by atoms with Gasteiger partial charge in [-0.05, 0) is 86.8 Å². The molecule has 1 atom stereocenters. The van der Waals surface area contributed by atoms with Crippen molar-refractivity contribution in [3.63, 3.8) is 0 Å². The van der Waals surface area contributed by atoms with Crippen LogP contribution in [-0.2, 0) is 4.79 Å². The van der Waals surface area contributed by atoms with Gasteiger partial charge < -0.3 is 5.32 Å². The van der Waals surface area contributed by atoms with Gasteiger partial charge in [0.25, 0.3) is 0 Å². The van der Waals surface area contributed by atoms with Crippen molar-refractivity contribution < 1.29 is 4.79 Å². The number of nitrogens with one attached hydrogen (secondary N) is 1. The number of halogens is 1. The van der Waals surface area contributed by atoms with Gasteiger partial charge in [-0.15, -0.1) is 0 Å². The predicted octanol–water partition coefficient (Wildman–Crippen LogP) is 5.22. The fourth-order valence-electron chi connectivity index (χ4n) is 3.60. The highest BCUT2D eigenvalue weighted by Gasteiger charge is 2.23. The van der Waals surface area contributed by atoms with Crippen LogP contribution in [0.25, 0.3) is 11.1 Å². The fourth-order valence-corrected chi connectivity index (χ4v) is 3.72. The molecule has 1 aliphatic heterocycles. The lowest BCUT2D eigenvalue weighted by atomic mass is 10.1. The first-order valence-electron chi connectivity index (χ1n) is 10.5. The number of nitrogens with zero attached hydrogens (tertiary/aromatic N) is 2. The Kier molecular flexibility index (Phi) is 6.66. The van der Waals surface area contributed by atoms with Gasteiger partial charge in [-0.2, -0.15) is 0 Å². The minimum atomic E-state index is -0.108. The molecular formula is C26H24ClN3O. The van der Waals surface area contributed by atoms with E-state index < -0.39 is 0 Å². The van der Waals surface area contributed by atoms with Crippen molar-refractivity contribution in [2.24, 2.45) is 0 Å². The third kappa shape index (κ3) is 5.52. The number of rotatable bonds is 4. The maximum absolute atomic E-state index is 12.4. The molecule has 1 saturated heterocycles. The summed E-state index contributed by atoms with van der Waals surface area (Å²) < 4.78 is 0. The minimum Gasteiger partial charge on any atom is -0.325 e. The Hall–Kier alpha value is -3.13. The van der Waals surface area contributed by atoms with Gasteiger partial charge in [0, 0.05) is 28.0 Å². The molecule has 2 heterocycles. The normalized spacial score (nSPS) is 14.5. The molecule has 4 nitrogen and oxygen atoms in total. The monoisotopic (exact) mass is 429 g/mol. The van der Waals surface area contributed by atoms with Crippen LogP contribution in [-0.4, -0.2) is 34.9 Å². The molecule has 1 fully saturated rings. The second-order valence-corrected chi connectivity index (χ2v) is 8.11. The zero-order chi connectivity index (χ0) is 21.6. The van der Waals surface area contributed by atoms with Crippen LogP contribution in [0.4, 0.5) is 5.69 Å². The molecule has 1 aliphatic rings. The van der Waals surface area contributed by atoms with Crippen LogP contribution in [0.15, 0.2) is 66.9 Å². The molecule has 0 aliphatic carbocycles. The fraction of sp³-hybridized carbons (Fsp3) is 0.231. The highest BCUT2D eigenvalue weighted by Crippen LogP contribution is 2.21. The van der Waals surface area contributed by atoms with Crippen molar-refractivity contribution in [1.82, 2.24) is 9.88 Å². The number of hydrogen-bond donors (Lipinski definition) is 1. The second-order valence-electron chi connectivity index (χ2n) is 7.67. The quantitative estimate of drug-likeness (QED) is 0.578. The molecule has 5 heteroatoms. The number of amides is 1. The van der Waals surface area contributed by atoms with Crippen molar-refractivity contribution in [3.8, 4) is 23.0 Å². The summed E-state index contributed by atoms with van der Waals surface area (Å²) in [6, 6.07) is 19.1. The number of carbonyl (C=O) groups excluding carboxylic acids is 1. The van der Waals surface area contributed by atoms with Crippen molar-refractivity contribution in [2.75, 3.05) is 18.4 Å². The number of carbonyl (C=O) groups is 1. The molecule has 3 aromatic rings. The van der Waals surface area contributed by atoms with Gasteiger partial charge in [0.1, 0.15) is 5.69 Å². The first kappa shape index (κ1) is 21.1. The Morgan fingerprint density at radius 1 is 0.968 bits per heavy atom. The van der Waals surface area contributed by atoms with Crippen molar-refractivity contribution in [3.05, 3.63) is 83.1 Å². The second kappa shape index (κ2) is 9.78. The van der Waals surface area contributed by atoms with E-state index in [2.05, 4.69) is 27.0 Å². The summed E-state index contributed by atoms with van der Waals surface area (Å²) in [5, 5.41) is 3.71. The lowest BCUT2D eigenvalue weighted by molar-refractivity contribution is -0.120. The van der Waals surface area contributed by atoms with Gasteiger partial charge in [0.05, 0.1) is 6.04 Å². The number of anilines is 1. The number of likely N-dealkylation sites (tertiary alicyclic amines) is 1. The molecule has 156 valence electrons. The molecule has 0 saturated carbocycles. The van der Waals surface area contributed by atoms with Crippen LogP contribution in [0.1, 0.15) is 31.0 Å². The summed E-state index contributed by atoms with van der Waals surface area (Å²) in [5.74, 6) is 6.25. The highest BCUT2D eigenvalue weighted by atomic mass is 35.5. The van der Waals surface area contributed by atoms with E-state index in [0.29, 0.717) is 10.7 Å². The van der Waals surface area contributed by atoms with E-state index in [1.165, 1.54) is 12.8 Å². The average Bonchev–Trinajstić information content (AvgIpc) is 3.34. The maximum Gasteiger partial charge on any atom is 0.241 e. The van der Waals surface area contributed by atoms with Gasteiger partial charge in [0.15, 0.2) is 0 Å². The van der Waals surface area contributed by atoms with E-state index in [4.69, 9.17) is 11.6 Å². The number of benzene rings is 2. The summed E-state index contributed by atoms with van der Waals surface area (Å²) in [4.78, 5) is 19.1.